The van der Waals surface area contributed by atoms with Crippen molar-refractivity contribution in [1.29, 1.82) is 0 Å². The summed E-state index contributed by atoms with van der Waals surface area (Å²) in [5.74, 6) is -1.20. The lowest BCUT2D eigenvalue weighted by atomic mass is 9.93. The molecule has 0 aliphatic carbocycles. The van der Waals surface area contributed by atoms with E-state index >= 15 is 0 Å². The van der Waals surface area contributed by atoms with E-state index in [9.17, 15) is 13.2 Å². The van der Waals surface area contributed by atoms with Crippen LogP contribution in [0.15, 0.2) is 4.42 Å². The predicted molar refractivity (Wildman–Crippen MR) is 62.6 cm³/mol. The highest BCUT2D eigenvalue weighted by Crippen LogP contribution is 2.33. The second-order valence-corrected chi connectivity index (χ2v) is 5.88. The van der Waals surface area contributed by atoms with Crippen molar-refractivity contribution in [1.82, 2.24) is 15.1 Å². The van der Waals surface area contributed by atoms with Crippen LogP contribution in [-0.2, 0) is 6.18 Å². The lowest BCUT2D eigenvalue weighted by Gasteiger charge is -2.40. The van der Waals surface area contributed by atoms with Gasteiger partial charge in [-0.3, -0.25) is 4.90 Å². The van der Waals surface area contributed by atoms with Crippen LogP contribution in [0, 0.1) is 0 Å². The molecular weight excluding hydrogens is 259 g/mol. The van der Waals surface area contributed by atoms with E-state index in [1.54, 1.807) is 0 Å². The van der Waals surface area contributed by atoms with Crippen LogP contribution in [0.4, 0.5) is 13.2 Å². The minimum absolute atomic E-state index is 0.0674. The van der Waals surface area contributed by atoms with Crippen LogP contribution in [-0.4, -0.2) is 33.7 Å². The summed E-state index contributed by atoms with van der Waals surface area (Å²) in [4.78, 5) is 2.31. The molecule has 0 atom stereocenters. The zero-order valence-corrected chi connectivity index (χ0v) is 11.3. The van der Waals surface area contributed by atoms with E-state index in [0.29, 0.717) is 0 Å². The van der Waals surface area contributed by atoms with Gasteiger partial charge in [0.15, 0.2) is 0 Å². The number of alkyl halides is 3. The molecule has 0 spiro atoms. The Morgan fingerprint density at radius 3 is 2.11 bits per heavy atom. The Balaban J connectivity index is 2.00. The van der Waals surface area contributed by atoms with Gasteiger partial charge in [0.05, 0.1) is 0 Å². The molecule has 1 fully saturated rings. The Morgan fingerprint density at radius 2 is 1.68 bits per heavy atom. The van der Waals surface area contributed by atoms with Crippen molar-refractivity contribution in [3.63, 3.8) is 0 Å². The van der Waals surface area contributed by atoms with Gasteiger partial charge in [-0.25, -0.2) is 0 Å². The summed E-state index contributed by atoms with van der Waals surface area (Å²) in [5, 5.41) is 6.61. The SMILES string of the molecule is CC(C)(C)N1CCC(c2nnc(C(F)(F)F)o2)CC1. The molecule has 0 bridgehead atoms. The van der Waals surface area contributed by atoms with Crippen LogP contribution in [0.5, 0.6) is 0 Å². The summed E-state index contributed by atoms with van der Waals surface area (Å²) >= 11 is 0. The van der Waals surface area contributed by atoms with E-state index in [2.05, 4.69) is 35.9 Å². The third-order valence-corrected chi connectivity index (χ3v) is 3.48. The Bertz CT molecular complexity index is 428. The van der Waals surface area contributed by atoms with Crippen molar-refractivity contribution in [2.24, 2.45) is 0 Å². The predicted octanol–water partition coefficient (Wildman–Crippen LogP) is 3.07. The standard InChI is InChI=1S/C12H18F3N3O/c1-11(2,3)18-6-4-8(5-7-18)9-16-17-10(19-9)12(13,14)15/h8H,4-7H2,1-3H3. The van der Waals surface area contributed by atoms with Crippen molar-refractivity contribution >= 4 is 0 Å². The molecule has 0 unspecified atom stereocenters. The van der Waals surface area contributed by atoms with Gasteiger partial charge in [-0.05, 0) is 46.7 Å². The van der Waals surface area contributed by atoms with Gasteiger partial charge >= 0.3 is 12.1 Å². The quantitative estimate of drug-likeness (QED) is 0.791. The monoisotopic (exact) mass is 277 g/mol. The lowest BCUT2D eigenvalue weighted by Crippen LogP contribution is -2.45. The summed E-state index contributed by atoms with van der Waals surface area (Å²) in [5.41, 5.74) is 0.0803. The van der Waals surface area contributed by atoms with Gasteiger partial charge in [0.1, 0.15) is 0 Å². The van der Waals surface area contributed by atoms with E-state index in [4.69, 9.17) is 4.42 Å². The van der Waals surface area contributed by atoms with Gasteiger partial charge in [-0.15, -0.1) is 10.2 Å². The average molecular weight is 277 g/mol. The van der Waals surface area contributed by atoms with E-state index in [0.717, 1.165) is 25.9 Å². The third-order valence-electron chi connectivity index (χ3n) is 3.48. The average Bonchev–Trinajstić information content (AvgIpc) is 2.77. The van der Waals surface area contributed by atoms with Crippen LogP contribution < -0.4 is 0 Å². The number of piperidine rings is 1. The molecule has 4 nitrogen and oxygen atoms in total. The summed E-state index contributed by atoms with van der Waals surface area (Å²) in [6.07, 6.45) is -3.06. The molecule has 1 aromatic rings. The van der Waals surface area contributed by atoms with Crippen molar-refractivity contribution < 1.29 is 17.6 Å². The fourth-order valence-electron chi connectivity index (χ4n) is 2.31. The third kappa shape index (κ3) is 3.26. The molecule has 0 saturated carbocycles. The van der Waals surface area contributed by atoms with Crippen molar-refractivity contribution in [3.8, 4) is 0 Å². The Hall–Kier alpha value is -1.11. The summed E-state index contributed by atoms with van der Waals surface area (Å²) in [7, 11) is 0. The molecule has 0 amide bonds. The van der Waals surface area contributed by atoms with Gasteiger partial charge in [0, 0.05) is 11.5 Å². The van der Waals surface area contributed by atoms with Crippen LogP contribution >= 0.6 is 0 Å². The minimum Gasteiger partial charge on any atom is -0.417 e. The molecule has 19 heavy (non-hydrogen) atoms. The zero-order valence-electron chi connectivity index (χ0n) is 11.3. The highest BCUT2D eigenvalue weighted by Gasteiger charge is 2.39. The number of halogens is 3. The van der Waals surface area contributed by atoms with Crippen LogP contribution in [0.25, 0.3) is 0 Å². The molecule has 1 aliphatic heterocycles. The maximum Gasteiger partial charge on any atom is 0.470 e. The highest BCUT2D eigenvalue weighted by atomic mass is 19.4. The minimum atomic E-state index is -4.56. The highest BCUT2D eigenvalue weighted by molar-refractivity contribution is 4.97. The first-order valence-corrected chi connectivity index (χ1v) is 6.33. The van der Waals surface area contributed by atoms with E-state index in [1.807, 2.05) is 0 Å². The van der Waals surface area contributed by atoms with Gasteiger partial charge in [0.2, 0.25) is 5.89 Å². The fourth-order valence-corrected chi connectivity index (χ4v) is 2.31. The Labute approximate surface area is 110 Å². The van der Waals surface area contributed by atoms with Gasteiger partial charge in [-0.1, -0.05) is 0 Å². The number of likely N-dealkylation sites (tertiary alicyclic amines) is 1. The summed E-state index contributed by atoms with van der Waals surface area (Å²) in [6.45, 7) is 8.04. The Kier molecular flexibility index (Phi) is 3.59. The van der Waals surface area contributed by atoms with E-state index < -0.39 is 12.1 Å². The van der Waals surface area contributed by atoms with Gasteiger partial charge in [-0.2, -0.15) is 13.2 Å². The molecule has 1 aliphatic rings. The number of aromatic nitrogens is 2. The summed E-state index contributed by atoms with van der Waals surface area (Å²) < 4.78 is 41.9. The topological polar surface area (TPSA) is 42.2 Å². The second-order valence-electron chi connectivity index (χ2n) is 5.88. The molecule has 0 aromatic carbocycles. The van der Waals surface area contributed by atoms with Crippen molar-refractivity contribution in [3.05, 3.63) is 11.8 Å². The molecular formula is C12H18F3N3O. The van der Waals surface area contributed by atoms with E-state index in [1.165, 1.54) is 0 Å². The van der Waals surface area contributed by atoms with Crippen molar-refractivity contribution in [2.45, 2.75) is 51.2 Å². The number of nitrogens with zero attached hydrogens (tertiary/aromatic N) is 3. The first-order valence-electron chi connectivity index (χ1n) is 6.33. The molecule has 0 N–H and O–H groups in total. The summed E-state index contributed by atoms with van der Waals surface area (Å²) in [6, 6.07) is 0. The first-order chi connectivity index (χ1) is 8.68. The number of rotatable bonds is 1. The van der Waals surface area contributed by atoms with Gasteiger partial charge in [0.25, 0.3) is 0 Å². The second kappa shape index (κ2) is 4.77. The Morgan fingerprint density at radius 1 is 1.11 bits per heavy atom. The normalized spacial score (nSPS) is 19.9. The molecule has 2 rings (SSSR count). The van der Waals surface area contributed by atoms with Crippen molar-refractivity contribution in [2.75, 3.05) is 13.1 Å². The maximum atomic E-state index is 12.4. The molecule has 1 saturated heterocycles. The van der Waals surface area contributed by atoms with Crippen LogP contribution in [0.2, 0.25) is 0 Å². The van der Waals surface area contributed by atoms with Gasteiger partial charge < -0.3 is 4.42 Å². The van der Waals surface area contributed by atoms with Crippen LogP contribution in [0.3, 0.4) is 0 Å². The zero-order chi connectivity index (χ0) is 14.3. The smallest absolute Gasteiger partial charge is 0.417 e. The lowest BCUT2D eigenvalue weighted by molar-refractivity contribution is -0.157. The molecule has 0 radical (unpaired) electrons. The first kappa shape index (κ1) is 14.3. The fraction of sp³-hybridized carbons (Fsp3) is 0.833. The number of hydrogen-bond donors (Lipinski definition) is 0. The maximum absolute atomic E-state index is 12.4. The molecule has 1 aromatic heterocycles. The molecule has 2 heterocycles. The van der Waals surface area contributed by atoms with E-state index in [-0.39, 0.29) is 17.3 Å². The van der Waals surface area contributed by atoms with Crippen LogP contribution in [0.1, 0.15) is 51.3 Å². The number of hydrogen-bond acceptors (Lipinski definition) is 4. The largest absolute Gasteiger partial charge is 0.470 e. The molecule has 108 valence electrons. The molecule has 7 heteroatoms.